The molecule has 0 atom stereocenters. The minimum Gasteiger partial charge on any atom is -0.546 e. The van der Waals surface area contributed by atoms with Gasteiger partial charge in [-0.05, 0) is 43.8 Å². The average Bonchev–Trinajstić information content (AvgIpc) is 2.58. The number of terminal acetylenes is 2. The molecule has 0 saturated heterocycles. The highest BCUT2D eigenvalue weighted by Crippen LogP contribution is 2.45. The zero-order chi connectivity index (χ0) is 21.1. The fourth-order valence-electron chi connectivity index (χ4n) is 2.78. The highest BCUT2D eigenvalue weighted by molar-refractivity contribution is 6.74. The van der Waals surface area contributed by atoms with Gasteiger partial charge in [0, 0.05) is 12.8 Å². The van der Waals surface area contributed by atoms with Crippen LogP contribution in [0, 0.1) is 30.1 Å². The Morgan fingerprint density at radius 3 is 1.78 bits per heavy atom. The first-order valence-electron chi connectivity index (χ1n) is 9.82. The number of hydrogen-bond acceptors (Lipinski definition) is 3. The van der Waals surface area contributed by atoms with E-state index in [0.29, 0.717) is 31.4 Å². The minimum absolute atomic E-state index is 0.0186. The predicted molar refractivity (Wildman–Crippen MR) is 116 cm³/mol. The van der Waals surface area contributed by atoms with Gasteiger partial charge in [0.2, 0.25) is 8.32 Å². The Labute approximate surface area is 168 Å². The highest BCUT2D eigenvalue weighted by Gasteiger charge is 2.47. The van der Waals surface area contributed by atoms with Crippen molar-refractivity contribution in [3.8, 4) is 24.7 Å². The van der Waals surface area contributed by atoms with E-state index in [4.69, 9.17) is 22.0 Å². The molecular weight excluding hydrogens is 352 g/mol. The summed E-state index contributed by atoms with van der Waals surface area (Å²) in [7, 11) is -0.687. The van der Waals surface area contributed by atoms with Crippen molar-refractivity contribution in [1.29, 1.82) is 0 Å². The van der Waals surface area contributed by atoms with Crippen molar-refractivity contribution in [2.24, 2.45) is 5.41 Å². The van der Waals surface area contributed by atoms with E-state index in [1.54, 1.807) is 0 Å². The summed E-state index contributed by atoms with van der Waals surface area (Å²) in [5.74, 6) is 5.59. The zero-order valence-electron chi connectivity index (χ0n) is 18.2. The fraction of sp³-hybridized carbons (Fsp3) is 0.696. The van der Waals surface area contributed by atoms with Crippen LogP contribution in [0.1, 0.15) is 72.1 Å². The lowest BCUT2D eigenvalue weighted by Crippen LogP contribution is -2.45. The average molecular weight is 391 g/mol. The summed E-state index contributed by atoms with van der Waals surface area (Å²) in [6.45, 7) is 15.1. The van der Waals surface area contributed by atoms with Gasteiger partial charge < -0.3 is 9.16 Å². The van der Waals surface area contributed by atoms with Crippen LogP contribution in [0.2, 0.25) is 18.1 Å². The van der Waals surface area contributed by atoms with Crippen LogP contribution < -0.4 is 0 Å². The van der Waals surface area contributed by atoms with Crippen molar-refractivity contribution in [3.05, 3.63) is 12.3 Å². The van der Waals surface area contributed by atoms with Gasteiger partial charge in [-0.15, -0.1) is 24.7 Å². The second kappa shape index (κ2) is 11.2. The summed E-state index contributed by atoms with van der Waals surface area (Å²) in [6.07, 6.45) is 16.8. The maximum atomic E-state index is 12.9. The molecule has 0 aliphatic rings. The maximum absolute atomic E-state index is 12.9. The molecule has 27 heavy (non-hydrogen) atoms. The molecule has 0 aromatic rings. The Bertz CT molecular complexity index is 548. The molecule has 3 nitrogen and oxygen atoms in total. The summed E-state index contributed by atoms with van der Waals surface area (Å²) < 4.78 is 11.7. The van der Waals surface area contributed by atoms with Crippen LogP contribution in [-0.2, 0) is 14.0 Å². The van der Waals surface area contributed by atoms with Gasteiger partial charge in [0.1, 0.15) is 5.41 Å². The van der Waals surface area contributed by atoms with Crippen LogP contribution in [-0.4, -0.2) is 21.4 Å². The summed E-state index contributed by atoms with van der Waals surface area (Å²) in [4.78, 5) is 12.9. The first-order chi connectivity index (χ1) is 12.5. The molecule has 0 spiro atoms. The molecule has 0 aliphatic heterocycles. The van der Waals surface area contributed by atoms with Crippen molar-refractivity contribution >= 4 is 14.3 Å². The minimum atomic E-state index is -2.12. The predicted octanol–water partition coefficient (Wildman–Crippen LogP) is 6.07. The van der Waals surface area contributed by atoms with Gasteiger partial charge >= 0.3 is 5.97 Å². The molecule has 152 valence electrons. The highest BCUT2D eigenvalue weighted by atomic mass is 28.4. The summed E-state index contributed by atoms with van der Waals surface area (Å²) in [6, 6.07) is 0. The van der Waals surface area contributed by atoms with Crippen LogP contribution in [0.5, 0.6) is 0 Å². The van der Waals surface area contributed by atoms with Crippen molar-refractivity contribution in [2.45, 2.75) is 90.3 Å². The second-order valence-corrected chi connectivity index (χ2v) is 13.4. The number of carbonyl (C=O) groups is 1. The summed E-state index contributed by atoms with van der Waals surface area (Å²) in [5.41, 5.74) is -0.840. The van der Waals surface area contributed by atoms with Crippen LogP contribution in [0.4, 0.5) is 0 Å². The molecule has 0 unspecified atom stereocenters. The third-order valence-electron chi connectivity index (χ3n) is 5.64. The monoisotopic (exact) mass is 390 g/mol. The van der Waals surface area contributed by atoms with Crippen LogP contribution in [0.25, 0.3) is 0 Å². The van der Waals surface area contributed by atoms with E-state index in [2.05, 4.69) is 52.3 Å². The van der Waals surface area contributed by atoms with E-state index in [1.807, 2.05) is 0 Å². The number of rotatable bonds is 12. The number of esters is 1. The number of methoxy groups -OCH3 is 1. The van der Waals surface area contributed by atoms with E-state index in [1.165, 1.54) is 7.11 Å². The lowest BCUT2D eigenvalue weighted by atomic mass is 9.76. The molecule has 0 saturated carbocycles. The SMILES string of the molecule is C#CCCCCC(CCCCC#C)(C(=C)O[Si](C)(C)C(C)(C)C)C(=O)OC. The molecule has 0 bridgehead atoms. The molecule has 0 rings (SSSR count). The summed E-state index contributed by atoms with van der Waals surface area (Å²) in [5, 5.41) is 0.0186. The van der Waals surface area contributed by atoms with E-state index >= 15 is 0 Å². The van der Waals surface area contributed by atoms with Crippen molar-refractivity contribution < 1.29 is 14.0 Å². The Kier molecular flexibility index (Phi) is 10.6. The quantitative estimate of drug-likeness (QED) is 0.133. The first kappa shape index (κ1) is 25.3. The van der Waals surface area contributed by atoms with Crippen LogP contribution in [0.15, 0.2) is 12.3 Å². The van der Waals surface area contributed by atoms with Crippen LogP contribution >= 0.6 is 0 Å². The first-order valence-corrected chi connectivity index (χ1v) is 12.7. The van der Waals surface area contributed by atoms with Gasteiger partial charge in [-0.1, -0.05) is 40.2 Å². The Balaban J connectivity index is 5.65. The number of unbranched alkanes of at least 4 members (excludes halogenated alkanes) is 4. The Hall–Kier alpha value is -1.65. The van der Waals surface area contributed by atoms with Gasteiger partial charge in [0.05, 0.1) is 12.9 Å². The second-order valence-electron chi connectivity index (χ2n) is 8.68. The fourth-order valence-corrected chi connectivity index (χ4v) is 3.90. The standard InChI is InChI=1S/C23H38O3Si/c1-10-12-14-16-18-23(21(24)25-7,19-17-15-13-11-2)20(3)26-27(8,9)22(4,5)6/h1-2H,3,12-19H2,4-9H3. The number of carbonyl (C=O) groups excluding carboxylic acids is 1. The van der Waals surface area contributed by atoms with Gasteiger partial charge in [0.25, 0.3) is 0 Å². The van der Waals surface area contributed by atoms with Gasteiger partial charge in [0.15, 0.2) is 0 Å². The molecule has 0 N–H and O–H groups in total. The number of hydrogen-bond donors (Lipinski definition) is 0. The van der Waals surface area contributed by atoms with E-state index < -0.39 is 13.7 Å². The maximum Gasteiger partial charge on any atom is 0.319 e. The molecule has 0 radical (unpaired) electrons. The molecule has 0 aliphatic carbocycles. The van der Waals surface area contributed by atoms with Crippen molar-refractivity contribution in [2.75, 3.05) is 7.11 Å². The molecule has 4 heteroatoms. The topological polar surface area (TPSA) is 35.5 Å². The normalized spacial score (nSPS) is 12.0. The van der Waals surface area contributed by atoms with Gasteiger partial charge in [-0.3, -0.25) is 4.79 Å². The van der Waals surface area contributed by atoms with E-state index in [-0.39, 0.29) is 11.0 Å². The largest absolute Gasteiger partial charge is 0.546 e. The Morgan fingerprint density at radius 1 is 1.00 bits per heavy atom. The molecular formula is C23H38O3Si. The smallest absolute Gasteiger partial charge is 0.319 e. The summed E-state index contributed by atoms with van der Waals surface area (Å²) >= 11 is 0. The molecule has 0 heterocycles. The molecule has 0 fully saturated rings. The van der Waals surface area contributed by atoms with Gasteiger partial charge in [-0.25, -0.2) is 0 Å². The lowest BCUT2D eigenvalue weighted by Gasteiger charge is -2.42. The van der Waals surface area contributed by atoms with E-state index in [0.717, 1.165) is 25.7 Å². The number of ether oxygens (including phenoxy) is 1. The Morgan fingerprint density at radius 2 is 1.44 bits per heavy atom. The molecule has 0 aromatic heterocycles. The zero-order valence-corrected chi connectivity index (χ0v) is 19.2. The molecule has 0 amide bonds. The van der Waals surface area contributed by atoms with E-state index in [9.17, 15) is 4.79 Å². The van der Waals surface area contributed by atoms with Crippen molar-refractivity contribution in [3.63, 3.8) is 0 Å². The lowest BCUT2D eigenvalue weighted by molar-refractivity contribution is -0.153. The van der Waals surface area contributed by atoms with Crippen LogP contribution in [0.3, 0.4) is 0 Å². The third-order valence-corrected chi connectivity index (χ3v) is 10.0. The van der Waals surface area contributed by atoms with Crippen molar-refractivity contribution in [1.82, 2.24) is 0 Å². The molecule has 0 aromatic carbocycles. The van der Waals surface area contributed by atoms with Gasteiger partial charge in [-0.2, -0.15) is 0 Å². The third kappa shape index (κ3) is 7.47.